The molecule has 3 heteroatoms. The summed E-state index contributed by atoms with van der Waals surface area (Å²) in [5.74, 6) is 0.289. The molecule has 2 nitrogen and oxygen atoms in total. The molecule has 0 radical (unpaired) electrons. The second kappa shape index (κ2) is 6.87. The Kier molecular flexibility index (Phi) is 5.45. The van der Waals surface area contributed by atoms with Crippen LogP contribution in [0, 0.1) is 9.49 Å². The standard InChI is InChI=1S/C15H21IO2/c16-13-8-6-11(7-9-13)10-14(17)15(18)12-4-2-1-3-5-12/h6-9,12,14-15,17-18H,1-5,10H2. The van der Waals surface area contributed by atoms with E-state index >= 15 is 0 Å². The van der Waals surface area contributed by atoms with Crippen LogP contribution in [0.25, 0.3) is 0 Å². The lowest BCUT2D eigenvalue weighted by Gasteiger charge is -2.29. The molecule has 1 aliphatic carbocycles. The zero-order chi connectivity index (χ0) is 13.0. The molecule has 0 spiro atoms. The summed E-state index contributed by atoms with van der Waals surface area (Å²) in [6.45, 7) is 0. The van der Waals surface area contributed by atoms with Crippen LogP contribution in [0.3, 0.4) is 0 Å². The van der Waals surface area contributed by atoms with E-state index in [0.29, 0.717) is 6.42 Å². The molecule has 0 aromatic heterocycles. The fourth-order valence-corrected chi connectivity index (χ4v) is 3.13. The summed E-state index contributed by atoms with van der Waals surface area (Å²) < 4.78 is 1.19. The SMILES string of the molecule is OC(Cc1ccc(I)cc1)C(O)C1CCCCC1. The zero-order valence-electron chi connectivity index (χ0n) is 10.6. The Balaban J connectivity index is 1.89. The Morgan fingerprint density at radius 1 is 1.06 bits per heavy atom. The molecule has 0 amide bonds. The van der Waals surface area contributed by atoms with Gasteiger partial charge in [-0.15, -0.1) is 0 Å². The maximum absolute atomic E-state index is 10.2. The Morgan fingerprint density at radius 2 is 1.67 bits per heavy atom. The monoisotopic (exact) mass is 360 g/mol. The zero-order valence-corrected chi connectivity index (χ0v) is 12.7. The van der Waals surface area contributed by atoms with Crippen LogP contribution in [0.1, 0.15) is 37.7 Å². The predicted molar refractivity (Wildman–Crippen MR) is 81.5 cm³/mol. The van der Waals surface area contributed by atoms with E-state index in [0.717, 1.165) is 18.4 Å². The fraction of sp³-hybridized carbons (Fsp3) is 0.600. The second-order valence-electron chi connectivity index (χ2n) is 5.29. The number of aliphatic hydroxyl groups excluding tert-OH is 2. The Labute approximate surface area is 123 Å². The van der Waals surface area contributed by atoms with Crippen LogP contribution in [-0.2, 0) is 6.42 Å². The third-order valence-corrected chi connectivity index (χ3v) is 4.60. The van der Waals surface area contributed by atoms with Crippen molar-refractivity contribution in [3.05, 3.63) is 33.4 Å². The van der Waals surface area contributed by atoms with E-state index in [9.17, 15) is 10.2 Å². The predicted octanol–water partition coefficient (Wildman–Crippen LogP) is 3.14. The molecule has 1 fully saturated rings. The van der Waals surface area contributed by atoms with Gasteiger partial charge in [0.05, 0.1) is 12.2 Å². The van der Waals surface area contributed by atoms with Gasteiger partial charge in [0.1, 0.15) is 0 Å². The summed E-state index contributed by atoms with van der Waals surface area (Å²) in [6.07, 6.45) is 5.13. The number of hydrogen-bond acceptors (Lipinski definition) is 2. The van der Waals surface area contributed by atoms with Crippen LogP contribution in [0.4, 0.5) is 0 Å². The second-order valence-corrected chi connectivity index (χ2v) is 6.53. The van der Waals surface area contributed by atoms with Crippen LogP contribution in [-0.4, -0.2) is 22.4 Å². The first kappa shape index (κ1) is 14.3. The third kappa shape index (κ3) is 3.93. The highest BCUT2D eigenvalue weighted by Gasteiger charge is 2.27. The lowest BCUT2D eigenvalue weighted by molar-refractivity contribution is -0.0263. The van der Waals surface area contributed by atoms with Crippen molar-refractivity contribution in [3.8, 4) is 0 Å². The van der Waals surface area contributed by atoms with Crippen LogP contribution in [0.15, 0.2) is 24.3 Å². The number of aliphatic hydroxyl groups is 2. The van der Waals surface area contributed by atoms with Gasteiger partial charge in [0, 0.05) is 9.99 Å². The van der Waals surface area contributed by atoms with Gasteiger partial charge < -0.3 is 10.2 Å². The van der Waals surface area contributed by atoms with E-state index in [2.05, 4.69) is 22.6 Å². The number of halogens is 1. The van der Waals surface area contributed by atoms with Gasteiger partial charge in [-0.1, -0.05) is 31.4 Å². The minimum atomic E-state index is -0.631. The Hall–Kier alpha value is -0.130. The maximum atomic E-state index is 10.2. The van der Waals surface area contributed by atoms with E-state index in [1.807, 2.05) is 24.3 Å². The van der Waals surface area contributed by atoms with Gasteiger partial charge in [0.15, 0.2) is 0 Å². The summed E-state index contributed by atoms with van der Waals surface area (Å²) in [6, 6.07) is 8.13. The van der Waals surface area contributed by atoms with Crippen LogP contribution < -0.4 is 0 Å². The summed E-state index contributed by atoms with van der Waals surface area (Å²) in [5.41, 5.74) is 1.10. The summed E-state index contributed by atoms with van der Waals surface area (Å²) in [7, 11) is 0. The molecule has 2 unspecified atom stereocenters. The molecule has 18 heavy (non-hydrogen) atoms. The van der Waals surface area contributed by atoms with Crippen LogP contribution in [0.2, 0.25) is 0 Å². The molecular weight excluding hydrogens is 339 g/mol. The van der Waals surface area contributed by atoms with Gasteiger partial charge in [-0.3, -0.25) is 0 Å². The van der Waals surface area contributed by atoms with Crippen molar-refractivity contribution in [2.75, 3.05) is 0 Å². The highest BCUT2D eigenvalue weighted by atomic mass is 127. The molecule has 2 rings (SSSR count). The minimum Gasteiger partial charge on any atom is -0.390 e. The molecule has 2 N–H and O–H groups in total. The van der Waals surface area contributed by atoms with Crippen molar-refractivity contribution in [1.82, 2.24) is 0 Å². The average molecular weight is 360 g/mol. The molecule has 1 aliphatic rings. The molecule has 0 heterocycles. The molecule has 2 atom stereocenters. The van der Waals surface area contributed by atoms with Gasteiger partial charge in [0.2, 0.25) is 0 Å². The molecule has 0 aliphatic heterocycles. The number of hydrogen-bond donors (Lipinski definition) is 2. The van der Waals surface area contributed by atoms with Crippen LogP contribution in [0.5, 0.6) is 0 Å². The highest BCUT2D eigenvalue weighted by molar-refractivity contribution is 14.1. The molecule has 0 bridgehead atoms. The topological polar surface area (TPSA) is 40.5 Å². The highest BCUT2D eigenvalue weighted by Crippen LogP contribution is 2.28. The van der Waals surface area contributed by atoms with Gasteiger partial charge in [0.25, 0.3) is 0 Å². The lowest BCUT2D eigenvalue weighted by Crippen LogP contribution is -2.36. The smallest absolute Gasteiger partial charge is 0.0842 e. The molecular formula is C15H21IO2. The van der Waals surface area contributed by atoms with Crippen LogP contribution >= 0.6 is 22.6 Å². The first-order valence-corrected chi connectivity index (χ1v) is 7.85. The summed E-state index contributed by atoms with van der Waals surface area (Å²) >= 11 is 2.27. The molecule has 100 valence electrons. The Bertz CT molecular complexity index is 357. The van der Waals surface area contributed by atoms with E-state index in [1.54, 1.807) is 0 Å². The van der Waals surface area contributed by atoms with Crippen molar-refractivity contribution in [2.45, 2.75) is 50.7 Å². The maximum Gasteiger partial charge on any atom is 0.0842 e. The van der Waals surface area contributed by atoms with Gasteiger partial charge in [-0.25, -0.2) is 0 Å². The first-order valence-electron chi connectivity index (χ1n) is 6.77. The van der Waals surface area contributed by atoms with Gasteiger partial charge in [-0.2, -0.15) is 0 Å². The van der Waals surface area contributed by atoms with E-state index in [-0.39, 0.29) is 5.92 Å². The number of benzene rings is 1. The van der Waals surface area contributed by atoms with Gasteiger partial charge in [-0.05, 0) is 59.0 Å². The summed E-state index contributed by atoms with van der Waals surface area (Å²) in [4.78, 5) is 0. The Morgan fingerprint density at radius 3 is 2.28 bits per heavy atom. The summed E-state index contributed by atoms with van der Waals surface area (Å²) in [5, 5.41) is 20.3. The molecule has 0 saturated heterocycles. The number of rotatable bonds is 4. The van der Waals surface area contributed by atoms with Gasteiger partial charge >= 0.3 is 0 Å². The minimum absolute atomic E-state index is 0.289. The third-order valence-electron chi connectivity index (χ3n) is 3.89. The van der Waals surface area contributed by atoms with Crippen molar-refractivity contribution < 1.29 is 10.2 Å². The molecule has 1 aromatic carbocycles. The quantitative estimate of drug-likeness (QED) is 0.810. The molecule has 1 aromatic rings. The fourth-order valence-electron chi connectivity index (χ4n) is 2.77. The van der Waals surface area contributed by atoms with Crippen molar-refractivity contribution in [3.63, 3.8) is 0 Å². The van der Waals surface area contributed by atoms with E-state index in [1.165, 1.54) is 22.8 Å². The molecule has 1 saturated carbocycles. The van der Waals surface area contributed by atoms with Crippen molar-refractivity contribution in [1.29, 1.82) is 0 Å². The largest absolute Gasteiger partial charge is 0.390 e. The average Bonchev–Trinajstić information content (AvgIpc) is 2.41. The first-order chi connectivity index (χ1) is 8.66. The van der Waals surface area contributed by atoms with Crippen molar-refractivity contribution in [2.24, 2.45) is 5.92 Å². The normalized spacial score (nSPS) is 20.6. The van der Waals surface area contributed by atoms with E-state index in [4.69, 9.17) is 0 Å². The van der Waals surface area contributed by atoms with E-state index < -0.39 is 12.2 Å². The lowest BCUT2D eigenvalue weighted by atomic mass is 9.82. The van der Waals surface area contributed by atoms with Crippen molar-refractivity contribution >= 4 is 22.6 Å².